The quantitative estimate of drug-likeness (QED) is 0.641. The number of hydrazine groups is 2. The molecule has 0 aliphatic carbocycles. The number of hydrogen-bond donors (Lipinski definition) is 3. The summed E-state index contributed by atoms with van der Waals surface area (Å²) in [5, 5.41) is 0. The van der Waals surface area contributed by atoms with Crippen molar-refractivity contribution in [3.8, 4) is 0 Å². The van der Waals surface area contributed by atoms with Gasteiger partial charge in [-0.3, -0.25) is 10.2 Å². The monoisotopic (exact) mass is 243 g/mol. The highest BCUT2D eigenvalue weighted by atomic mass is 32.2. The fourth-order valence-corrected chi connectivity index (χ4v) is 1.75. The number of nitrogens with one attached hydrogen (secondary N) is 3. The number of hydrogen-bond acceptors (Lipinski definition) is 4. The molecule has 0 fully saturated rings. The van der Waals surface area contributed by atoms with E-state index in [2.05, 4.69) is 11.0 Å². The number of aryl methyl sites for hydroxylation is 1. The van der Waals surface area contributed by atoms with Crippen LogP contribution in [0.2, 0.25) is 0 Å². The third-order valence-corrected chi connectivity index (χ3v) is 3.02. The van der Waals surface area contributed by atoms with E-state index in [0.717, 1.165) is 5.56 Å². The highest BCUT2D eigenvalue weighted by Gasteiger charge is 2.12. The van der Waals surface area contributed by atoms with Crippen molar-refractivity contribution in [2.24, 2.45) is 0 Å². The third kappa shape index (κ3) is 3.61. The molecule has 0 aliphatic rings. The van der Waals surface area contributed by atoms with Gasteiger partial charge in [-0.15, -0.1) is 4.83 Å². The molecule has 0 bridgehead atoms. The van der Waals surface area contributed by atoms with E-state index >= 15 is 0 Å². The van der Waals surface area contributed by atoms with E-state index in [1.807, 2.05) is 11.8 Å². The minimum absolute atomic E-state index is 0.121. The summed E-state index contributed by atoms with van der Waals surface area (Å²) in [6, 6.07) is 6.33. The molecular formula is C9H13N3O3S. The lowest BCUT2D eigenvalue weighted by Crippen LogP contribution is -2.48. The molecule has 1 aromatic rings. The van der Waals surface area contributed by atoms with Crippen molar-refractivity contribution in [1.82, 2.24) is 15.8 Å². The average molecular weight is 243 g/mol. The molecule has 0 spiro atoms. The number of benzene rings is 1. The molecule has 0 aliphatic heterocycles. The zero-order valence-corrected chi connectivity index (χ0v) is 9.76. The van der Waals surface area contributed by atoms with Gasteiger partial charge in [-0.25, -0.2) is 8.42 Å². The maximum absolute atomic E-state index is 11.6. The smallest absolute Gasteiger partial charge is 0.254 e. The van der Waals surface area contributed by atoms with Gasteiger partial charge in [0.2, 0.25) is 5.91 Å². The summed E-state index contributed by atoms with van der Waals surface area (Å²) in [7, 11) is -3.65. The Morgan fingerprint density at radius 1 is 1.19 bits per heavy atom. The van der Waals surface area contributed by atoms with Crippen LogP contribution in [-0.4, -0.2) is 14.3 Å². The summed E-state index contributed by atoms with van der Waals surface area (Å²) < 4.78 is 23.2. The Morgan fingerprint density at radius 2 is 1.75 bits per heavy atom. The summed E-state index contributed by atoms with van der Waals surface area (Å²) in [5.41, 5.74) is 5.17. The SMILES string of the molecule is CC(=O)NNNS(=O)(=O)c1ccc(C)cc1. The summed E-state index contributed by atoms with van der Waals surface area (Å²) in [5.74, 6) is -0.397. The topological polar surface area (TPSA) is 87.3 Å². The minimum Gasteiger partial charge on any atom is -0.277 e. The van der Waals surface area contributed by atoms with Crippen LogP contribution in [0.1, 0.15) is 12.5 Å². The Morgan fingerprint density at radius 3 is 2.25 bits per heavy atom. The molecule has 6 nitrogen and oxygen atoms in total. The van der Waals surface area contributed by atoms with E-state index in [1.165, 1.54) is 19.1 Å². The summed E-state index contributed by atoms with van der Waals surface area (Å²) >= 11 is 0. The van der Waals surface area contributed by atoms with E-state index < -0.39 is 15.9 Å². The molecule has 0 atom stereocenters. The zero-order chi connectivity index (χ0) is 12.2. The van der Waals surface area contributed by atoms with Gasteiger partial charge in [-0.1, -0.05) is 17.7 Å². The van der Waals surface area contributed by atoms with Gasteiger partial charge < -0.3 is 0 Å². The highest BCUT2D eigenvalue weighted by Crippen LogP contribution is 2.08. The molecule has 1 aromatic carbocycles. The van der Waals surface area contributed by atoms with Crippen LogP contribution >= 0.6 is 0 Å². The van der Waals surface area contributed by atoms with Gasteiger partial charge in [0.1, 0.15) is 0 Å². The van der Waals surface area contributed by atoms with Gasteiger partial charge in [0.15, 0.2) is 0 Å². The van der Waals surface area contributed by atoms with Crippen molar-refractivity contribution in [1.29, 1.82) is 0 Å². The van der Waals surface area contributed by atoms with Gasteiger partial charge in [0.25, 0.3) is 10.0 Å². The van der Waals surface area contributed by atoms with Crippen LogP contribution < -0.4 is 15.8 Å². The van der Waals surface area contributed by atoms with Crippen LogP contribution in [-0.2, 0) is 14.8 Å². The van der Waals surface area contributed by atoms with E-state index in [-0.39, 0.29) is 4.90 Å². The maximum Gasteiger partial charge on any atom is 0.254 e. The fraction of sp³-hybridized carbons (Fsp3) is 0.222. The second-order valence-corrected chi connectivity index (χ2v) is 4.91. The van der Waals surface area contributed by atoms with Crippen molar-refractivity contribution >= 4 is 15.9 Å². The minimum atomic E-state index is -3.65. The van der Waals surface area contributed by atoms with Crippen LogP contribution in [0.5, 0.6) is 0 Å². The predicted octanol–water partition coefficient (Wildman–Crippen LogP) is -0.171. The second-order valence-electron chi connectivity index (χ2n) is 3.22. The Hall–Kier alpha value is -1.44. The van der Waals surface area contributed by atoms with Gasteiger partial charge in [-0.2, -0.15) is 5.53 Å². The largest absolute Gasteiger partial charge is 0.277 e. The van der Waals surface area contributed by atoms with Crippen molar-refractivity contribution in [3.05, 3.63) is 29.8 Å². The van der Waals surface area contributed by atoms with E-state index in [0.29, 0.717) is 0 Å². The Balaban J connectivity index is 2.71. The first kappa shape index (κ1) is 12.6. The first-order valence-corrected chi connectivity index (χ1v) is 6.00. The molecule has 0 heterocycles. The molecule has 0 aromatic heterocycles. The summed E-state index contributed by atoms with van der Waals surface area (Å²) in [6.07, 6.45) is 0. The molecular weight excluding hydrogens is 230 g/mol. The number of amides is 1. The first-order chi connectivity index (χ1) is 7.42. The molecule has 16 heavy (non-hydrogen) atoms. The molecule has 7 heteroatoms. The lowest BCUT2D eigenvalue weighted by molar-refractivity contribution is -0.120. The normalized spacial score (nSPS) is 11.1. The Bertz CT molecular complexity index is 467. The number of carbonyl (C=O) groups is 1. The van der Waals surface area contributed by atoms with Crippen molar-refractivity contribution in [2.75, 3.05) is 0 Å². The molecule has 0 radical (unpaired) electrons. The Labute approximate surface area is 94.0 Å². The lowest BCUT2D eigenvalue weighted by atomic mass is 10.2. The molecule has 88 valence electrons. The highest BCUT2D eigenvalue weighted by molar-refractivity contribution is 7.89. The van der Waals surface area contributed by atoms with Crippen LogP contribution in [0.4, 0.5) is 0 Å². The summed E-state index contributed by atoms with van der Waals surface area (Å²) in [6.45, 7) is 3.12. The molecule has 0 unspecified atom stereocenters. The van der Waals surface area contributed by atoms with Crippen molar-refractivity contribution in [2.45, 2.75) is 18.7 Å². The van der Waals surface area contributed by atoms with Gasteiger partial charge in [-0.05, 0) is 19.1 Å². The van der Waals surface area contributed by atoms with Crippen LogP contribution in [0, 0.1) is 6.92 Å². The van der Waals surface area contributed by atoms with E-state index in [1.54, 1.807) is 12.1 Å². The first-order valence-electron chi connectivity index (χ1n) is 4.52. The number of sulfonamides is 1. The van der Waals surface area contributed by atoms with Crippen LogP contribution in [0.3, 0.4) is 0 Å². The molecule has 0 saturated carbocycles. The van der Waals surface area contributed by atoms with Gasteiger partial charge >= 0.3 is 0 Å². The third-order valence-electron chi connectivity index (χ3n) is 1.76. The van der Waals surface area contributed by atoms with Gasteiger partial charge in [0.05, 0.1) is 4.90 Å². The maximum atomic E-state index is 11.6. The van der Waals surface area contributed by atoms with E-state index in [4.69, 9.17) is 0 Å². The van der Waals surface area contributed by atoms with Gasteiger partial charge in [0, 0.05) is 6.92 Å². The standard InChI is InChI=1S/C9H13N3O3S/c1-7-3-5-9(6-4-7)16(14,15)12-11-10-8(2)13/h3-6,11-12H,1-2H3,(H,10,13). The van der Waals surface area contributed by atoms with Crippen LogP contribution in [0.25, 0.3) is 0 Å². The number of carbonyl (C=O) groups excluding carboxylic acids is 1. The zero-order valence-electron chi connectivity index (χ0n) is 8.94. The van der Waals surface area contributed by atoms with Crippen molar-refractivity contribution < 1.29 is 13.2 Å². The van der Waals surface area contributed by atoms with E-state index in [9.17, 15) is 13.2 Å². The molecule has 1 rings (SSSR count). The lowest BCUT2D eigenvalue weighted by Gasteiger charge is -2.08. The molecule has 0 saturated heterocycles. The Kier molecular flexibility index (Phi) is 3.99. The average Bonchev–Trinajstić information content (AvgIpc) is 2.17. The molecule has 3 N–H and O–H groups in total. The fourth-order valence-electron chi connectivity index (χ4n) is 0.957. The molecule has 1 amide bonds. The predicted molar refractivity (Wildman–Crippen MR) is 58.5 cm³/mol. The van der Waals surface area contributed by atoms with Crippen LogP contribution in [0.15, 0.2) is 29.2 Å². The van der Waals surface area contributed by atoms with Crippen molar-refractivity contribution in [3.63, 3.8) is 0 Å². The second kappa shape index (κ2) is 5.06. The number of rotatable bonds is 4. The summed E-state index contributed by atoms with van der Waals surface area (Å²) in [4.78, 5) is 12.6.